The summed E-state index contributed by atoms with van der Waals surface area (Å²) in [5.74, 6) is -0.843. The van der Waals surface area contributed by atoms with Crippen molar-refractivity contribution in [2.45, 2.75) is 57.9 Å². The second-order valence-electron chi connectivity index (χ2n) is 8.36. The topological polar surface area (TPSA) is 90.0 Å². The van der Waals surface area contributed by atoms with Crippen LogP contribution in [0.3, 0.4) is 0 Å². The minimum Gasteiger partial charge on any atom is -0.481 e. The van der Waals surface area contributed by atoms with Crippen molar-refractivity contribution in [1.82, 2.24) is 10.2 Å². The Hall–Kier alpha value is -2.57. The number of nitrogens with one attached hydrogen (secondary N) is 1. The number of amides is 2. The Kier molecular flexibility index (Phi) is 6.45. The monoisotopic (exact) mass is 401 g/mol. The van der Waals surface area contributed by atoms with Crippen molar-refractivity contribution in [2.75, 3.05) is 31.1 Å². The largest absolute Gasteiger partial charge is 0.481 e. The second-order valence-corrected chi connectivity index (χ2v) is 8.36. The average molecular weight is 402 g/mol. The van der Waals surface area contributed by atoms with Crippen LogP contribution in [0, 0.1) is 13.8 Å². The van der Waals surface area contributed by atoms with Gasteiger partial charge >= 0.3 is 5.97 Å². The van der Waals surface area contributed by atoms with Gasteiger partial charge in [0.2, 0.25) is 11.8 Å². The molecule has 0 spiro atoms. The zero-order valence-corrected chi connectivity index (χ0v) is 17.4. The summed E-state index contributed by atoms with van der Waals surface area (Å²) in [6.07, 6.45) is 2.23. The van der Waals surface area contributed by atoms with E-state index in [-0.39, 0.29) is 18.2 Å². The van der Waals surface area contributed by atoms with Crippen molar-refractivity contribution in [1.29, 1.82) is 0 Å². The average Bonchev–Trinajstić information content (AvgIpc) is 3.08. The molecule has 0 aromatic heterocycles. The van der Waals surface area contributed by atoms with E-state index in [1.807, 2.05) is 4.90 Å². The van der Waals surface area contributed by atoms with Crippen molar-refractivity contribution in [3.05, 3.63) is 29.3 Å². The van der Waals surface area contributed by atoms with Crippen LogP contribution < -0.4 is 10.2 Å². The van der Waals surface area contributed by atoms with E-state index in [1.165, 1.54) is 16.8 Å². The lowest BCUT2D eigenvalue weighted by molar-refractivity contribution is -0.137. The van der Waals surface area contributed by atoms with Crippen LogP contribution in [0.2, 0.25) is 0 Å². The first-order valence-corrected chi connectivity index (χ1v) is 10.4. The van der Waals surface area contributed by atoms with Crippen LogP contribution in [0.4, 0.5) is 5.69 Å². The van der Waals surface area contributed by atoms with Gasteiger partial charge in [-0.25, -0.2) is 0 Å². The fourth-order valence-electron chi connectivity index (χ4n) is 4.26. The molecule has 2 heterocycles. The molecule has 2 aliphatic rings. The molecule has 2 amide bonds. The number of piperazine rings is 1. The second kappa shape index (κ2) is 8.84. The Labute approximate surface area is 172 Å². The molecule has 1 aromatic carbocycles. The molecule has 29 heavy (non-hydrogen) atoms. The normalized spacial score (nSPS) is 21.9. The van der Waals surface area contributed by atoms with Gasteiger partial charge < -0.3 is 20.2 Å². The predicted octanol–water partition coefficient (Wildman–Crippen LogP) is 2.25. The first kappa shape index (κ1) is 21.1. The van der Waals surface area contributed by atoms with E-state index in [2.05, 4.69) is 42.3 Å². The fourth-order valence-corrected chi connectivity index (χ4v) is 4.26. The van der Waals surface area contributed by atoms with Gasteiger partial charge in [-0.1, -0.05) is 6.07 Å². The van der Waals surface area contributed by atoms with E-state index in [1.54, 1.807) is 0 Å². The molecular formula is C22H31N3O4. The number of carboxylic acid groups (broad SMARTS) is 1. The minimum absolute atomic E-state index is 0.00309. The number of benzene rings is 1. The molecule has 7 nitrogen and oxygen atoms in total. The molecule has 2 fully saturated rings. The Balaban J connectivity index is 1.51. The Morgan fingerprint density at radius 1 is 1.07 bits per heavy atom. The molecule has 7 heteroatoms. The lowest BCUT2D eigenvalue weighted by atomic mass is 9.86. The van der Waals surface area contributed by atoms with Crippen LogP contribution >= 0.6 is 0 Å². The molecule has 0 saturated carbocycles. The summed E-state index contributed by atoms with van der Waals surface area (Å²) in [6.45, 7) is 7.18. The van der Waals surface area contributed by atoms with E-state index in [0.717, 1.165) is 13.1 Å². The van der Waals surface area contributed by atoms with Crippen molar-refractivity contribution in [3.63, 3.8) is 0 Å². The smallest absolute Gasteiger partial charge is 0.303 e. The van der Waals surface area contributed by atoms with Crippen LogP contribution in [0.15, 0.2) is 18.2 Å². The Bertz CT molecular complexity index is 786. The fraction of sp³-hybridized carbons (Fsp3) is 0.591. The summed E-state index contributed by atoms with van der Waals surface area (Å²) in [6, 6.07) is 6.46. The lowest BCUT2D eigenvalue weighted by Gasteiger charge is -2.37. The van der Waals surface area contributed by atoms with Crippen molar-refractivity contribution < 1.29 is 19.5 Å². The highest BCUT2D eigenvalue weighted by Crippen LogP contribution is 2.30. The van der Waals surface area contributed by atoms with Crippen LogP contribution in [0.25, 0.3) is 0 Å². The van der Waals surface area contributed by atoms with Gasteiger partial charge in [0.05, 0.1) is 0 Å². The molecule has 0 bridgehead atoms. The maximum atomic E-state index is 12.7. The SMILES string of the molecule is Cc1ccc(N2CCN(C(=O)CC[C@@]3(CCC(=O)O)CCC(=O)N3)CC2)cc1C. The molecule has 2 N–H and O–H groups in total. The third-order valence-corrected chi connectivity index (χ3v) is 6.36. The molecule has 0 unspecified atom stereocenters. The van der Waals surface area contributed by atoms with Gasteiger partial charge in [0.1, 0.15) is 0 Å². The third kappa shape index (κ3) is 5.28. The molecule has 1 aromatic rings. The van der Waals surface area contributed by atoms with E-state index in [0.29, 0.717) is 45.2 Å². The van der Waals surface area contributed by atoms with Crippen molar-refractivity contribution in [2.24, 2.45) is 0 Å². The standard InChI is InChI=1S/C22H31N3O4/c1-16-3-4-18(15-17(16)2)24-11-13-25(14-12-24)20(27)6-9-22(10-7-21(28)29)8-5-19(26)23-22/h3-4,15H,5-14H2,1-2H3,(H,23,26)(H,28,29)/t22-/m1/s1. The molecular weight excluding hydrogens is 370 g/mol. The van der Waals surface area contributed by atoms with Gasteiger partial charge in [0.25, 0.3) is 0 Å². The third-order valence-electron chi connectivity index (χ3n) is 6.36. The molecule has 3 rings (SSSR count). The molecule has 2 saturated heterocycles. The number of carbonyl (C=O) groups is 3. The molecule has 1 atom stereocenters. The first-order chi connectivity index (χ1) is 13.8. The maximum Gasteiger partial charge on any atom is 0.303 e. The summed E-state index contributed by atoms with van der Waals surface area (Å²) in [7, 11) is 0. The van der Waals surface area contributed by atoms with E-state index < -0.39 is 11.5 Å². The van der Waals surface area contributed by atoms with Gasteiger partial charge in [-0.05, 0) is 56.4 Å². The number of anilines is 1. The van der Waals surface area contributed by atoms with E-state index in [4.69, 9.17) is 5.11 Å². The number of nitrogens with zero attached hydrogens (tertiary/aromatic N) is 2. The first-order valence-electron chi connectivity index (χ1n) is 10.4. The summed E-state index contributed by atoms with van der Waals surface area (Å²) < 4.78 is 0. The maximum absolute atomic E-state index is 12.7. The Morgan fingerprint density at radius 3 is 2.34 bits per heavy atom. The number of aryl methyl sites for hydroxylation is 2. The zero-order chi connectivity index (χ0) is 21.0. The number of rotatable bonds is 7. The van der Waals surface area contributed by atoms with Crippen LogP contribution in [0.5, 0.6) is 0 Å². The number of carbonyl (C=O) groups excluding carboxylic acids is 2. The molecule has 0 radical (unpaired) electrons. The summed E-state index contributed by atoms with van der Waals surface area (Å²) in [5, 5.41) is 11.9. The van der Waals surface area contributed by atoms with Crippen molar-refractivity contribution >= 4 is 23.5 Å². The number of hydrogen-bond donors (Lipinski definition) is 2. The number of aliphatic carboxylic acids is 1. The van der Waals surface area contributed by atoms with Gasteiger partial charge in [-0.3, -0.25) is 14.4 Å². The molecule has 0 aliphatic carbocycles. The summed E-state index contributed by atoms with van der Waals surface area (Å²) in [4.78, 5) is 39.6. The van der Waals surface area contributed by atoms with E-state index >= 15 is 0 Å². The summed E-state index contributed by atoms with van der Waals surface area (Å²) in [5.41, 5.74) is 3.19. The van der Waals surface area contributed by atoms with Crippen LogP contribution in [0.1, 0.15) is 49.7 Å². The number of carboxylic acids is 1. The predicted molar refractivity (Wildman–Crippen MR) is 111 cm³/mol. The lowest BCUT2D eigenvalue weighted by Crippen LogP contribution is -2.49. The highest BCUT2D eigenvalue weighted by Gasteiger charge is 2.38. The van der Waals surface area contributed by atoms with Crippen LogP contribution in [-0.2, 0) is 14.4 Å². The Morgan fingerprint density at radius 2 is 1.76 bits per heavy atom. The van der Waals surface area contributed by atoms with Crippen LogP contribution in [-0.4, -0.2) is 59.5 Å². The highest BCUT2D eigenvalue weighted by atomic mass is 16.4. The molecule has 158 valence electrons. The minimum atomic E-state index is -0.876. The molecule has 2 aliphatic heterocycles. The van der Waals surface area contributed by atoms with E-state index in [9.17, 15) is 14.4 Å². The van der Waals surface area contributed by atoms with Gasteiger partial charge in [0, 0.05) is 56.7 Å². The van der Waals surface area contributed by atoms with Gasteiger partial charge in [0.15, 0.2) is 0 Å². The summed E-state index contributed by atoms with van der Waals surface area (Å²) >= 11 is 0. The van der Waals surface area contributed by atoms with Gasteiger partial charge in [-0.2, -0.15) is 0 Å². The quantitative estimate of drug-likeness (QED) is 0.731. The zero-order valence-electron chi connectivity index (χ0n) is 17.4. The van der Waals surface area contributed by atoms with Crippen molar-refractivity contribution in [3.8, 4) is 0 Å². The van der Waals surface area contributed by atoms with Gasteiger partial charge in [-0.15, -0.1) is 0 Å². The number of hydrogen-bond acceptors (Lipinski definition) is 4. The highest BCUT2D eigenvalue weighted by molar-refractivity contribution is 5.80.